The molecule has 5 aromatic rings. The van der Waals surface area contributed by atoms with Gasteiger partial charge in [0.2, 0.25) is 5.89 Å². The largest absolute Gasteiger partial charge is 0.494 e. The maximum absolute atomic E-state index is 12.8. The highest BCUT2D eigenvalue weighted by Crippen LogP contribution is 2.30. The maximum Gasteiger partial charge on any atom is 0.339 e. The van der Waals surface area contributed by atoms with Crippen molar-refractivity contribution < 1.29 is 23.5 Å². The molecular formula is C25H19N3O5S. The fourth-order valence-corrected chi connectivity index (χ4v) is 4.32. The minimum Gasteiger partial charge on any atom is -0.494 e. The van der Waals surface area contributed by atoms with E-state index in [-0.39, 0.29) is 5.56 Å². The molecule has 0 fully saturated rings. The van der Waals surface area contributed by atoms with Crippen molar-refractivity contribution in [2.75, 3.05) is 18.5 Å². The van der Waals surface area contributed by atoms with E-state index in [4.69, 9.17) is 13.9 Å². The SMILES string of the molecule is CCOc1ccc2nc(NC(=O)COC(=O)c3ccccc3-c3nc4ccccc4o3)sc2c1. The number of carbonyl (C=O) groups is 2. The van der Waals surface area contributed by atoms with Crippen molar-refractivity contribution >= 4 is 49.7 Å². The number of carbonyl (C=O) groups excluding carboxylic acids is 2. The summed E-state index contributed by atoms with van der Waals surface area (Å²) in [5.74, 6) is -0.0994. The minimum absolute atomic E-state index is 0.255. The maximum atomic E-state index is 12.8. The summed E-state index contributed by atoms with van der Waals surface area (Å²) >= 11 is 1.31. The second-order valence-electron chi connectivity index (χ2n) is 7.24. The second kappa shape index (κ2) is 9.32. The Morgan fingerprint density at radius 2 is 1.82 bits per heavy atom. The van der Waals surface area contributed by atoms with Gasteiger partial charge in [0.25, 0.3) is 5.91 Å². The van der Waals surface area contributed by atoms with Crippen LogP contribution in [0, 0.1) is 0 Å². The molecule has 0 unspecified atom stereocenters. The number of fused-ring (bicyclic) bond motifs is 2. The molecule has 0 bridgehead atoms. The number of ether oxygens (including phenoxy) is 2. The Kier molecular flexibility index (Phi) is 5.92. The number of oxazole rings is 1. The molecule has 0 aliphatic carbocycles. The molecule has 3 aromatic carbocycles. The number of aromatic nitrogens is 2. The van der Waals surface area contributed by atoms with Crippen molar-refractivity contribution in [2.45, 2.75) is 6.92 Å². The molecule has 170 valence electrons. The quantitative estimate of drug-likeness (QED) is 0.320. The number of nitrogens with zero attached hydrogens (tertiary/aromatic N) is 2. The van der Waals surface area contributed by atoms with Crippen LogP contribution in [0.1, 0.15) is 17.3 Å². The molecule has 0 saturated carbocycles. The summed E-state index contributed by atoms with van der Waals surface area (Å²) in [5.41, 5.74) is 2.78. The summed E-state index contributed by atoms with van der Waals surface area (Å²) in [4.78, 5) is 34.0. The Hall–Kier alpha value is -4.24. The van der Waals surface area contributed by atoms with E-state index in [1.807, 2.05) is 43.3 Å². The van der Waals surface area contributed by atoms with E-state index in [2.05, 4.69) is 15.3 Å². The van der Waals surface area contributed by atoms with Crippen LogP contribution >= 0.6 is 11.3 Å². The molecular weight excluding hydrogens is 454 g/mol. The van der Waals surface area contributed by atoms with Crippen LogP contribution in [0.15, 0.2) is 71.1 Å². The van der Waals surface area contributed by atoms with Gasteiger partial charge in [0, 0.05) is 0 Å². The average Bonchev–Trinajstić information content (AvgIpc) is 3.46. The molecule has 0 aliphatic rings. The topological polar surface area (TPSA) is 104 Å². The van der Waals surface area contributed by atoms with Crippen molar-refractivity contribution in [3.8, 4) is 17.2 Å². The number of thiazole rings is 1. The Morgan fingerprint density at radius 3 is 2.68 bits per heavy atom. The van der Waals surface area contributed by atoms with Crippen molar-refractivity contribution in [1.82, 2.24) is 9.97 Å². The van der Waals surface area contributed by atoms with E-state index in [0.29, 0.717) is 34.3 Å². The molecule has 1 N–H and O–H groups in total. The van der Waals surface area contributed by atoms with Gasteiger partial charge in [-0.05, 0) is 49.4 Å². The van der Waals surface area contributed by atoms with Gasteiger partial charge in [0.15, 0.2) is 17.3 Å². The molecule has 34 heavy (non-hydrogen) atoms. The third-order valence-electron chi connectivity index (χ3n) is 4.92. The molecule has 0 radical (unpaired) electrons. The van der Waals surface area contributed by atoms with Gasteiger partial charge in [-0.3, -0.25) is 10.1 Å². The number of hydrogen-bond donors (Lipinski definition) is 1. The van der Waals surface area contributed by atoms with Crippen LogP contribution in [-0.2, 0) is 9.53 Å². The van der Waals surface area contributed by atoms with Gasteiger partial charge < -0.3 is 13.9 Å². The number of hydrogen-bond acceptors (Lipinski definition) is 8. The minimum atomic E-state index is -0.654. The standard InChI is InChI=1S/C25H19N3O5S/c1-2-31-15-11-12-19-21(13-15)34-25(27-19)28-22(29)14-32-24(30)17-8-4-3-7-16(17)23-26-18-9-5-6-10-20(18)33-23/h3-13H,2,14H2,1H3,(H,27,28,29). The Balaban J connectivity index is 1.26. The summed E-state index contributed by atoms with van der Waals surface area (Å²) in [7, 11) is 0. The van der Waals surface area contributed by atoms with E-state index < -0.39 is 18.5 Å². The van der Waals surface area contributed by atoms with Crippen LogP contribution in [0.2, 0.25) is 0 Å². The number of anilines is 1. The van der Waals surface area contributed by atoms with Gasteiger partial charge in [-0.2, -0.15) is 0 Å². The highest BCUT2D eigenvalue weighted by Gasteiger charge is 2.19. The van der Waals surface area contributed by atoms with Gasteiger partial charge in [-0.1, -0.05) is 35.6 Å². The van der Waals surface area contributed by atoms with Crippen LogP contribution in [0.25, 0.3) is 32.8 Å². The first kappa shape index (κ1) is 21.6. The lowest BCUT2D eigenvalue weighted by Crippen LogP contribution is -2.21. The van der Waals surface area contributed by atoms with Gasteiger partial charge in [-0.25, -0.2) is 14.8 Å². The normalized spacial score (nSPS) is 11.0. The number of benzene rings is 3. The molecule has 2 aromatic heterocycles. The predicted molar refractivity (Wildman–Crippen MR) is 129 cm³/mol. The first-order valence-electron chi connectivity index (χ1n) is 10.6. The molecule has 0 spiro atoms. The third kappa shape index (κ3) is 4.46. The van der Waals surface area contributed by atoms with Crippen LogP contribution in [0.4, 0.5) is 5.13 Å². The first-order chi connectivity index (χ1) is 16.6. The van der Waals surface area contributed by atoms with E-state index in [1.54, 1.807) is 30.3 Å². The first-order valence-corrected chi connectivity index (χ1v) is 11.4. The van der Waals surface area contributed by atoms with Crippen LogP contribution in [-0.4, -0.2) is 35.1 Å². The van der Waals surface area contributed by atoms with Gasteiger partial charge in [0.05, 0.1) is 28.0 Å². The van der Waals surface area contributed by atoms with E-state index in [1.165, 1.54) is 11.3 Å². The fraction of sp³-hybridized carbons (Fsp3) is 0.120. The zero-order valence-electron chi connectivity index (χ0n) is 18.1. The van der Waals surface area contributed by atoms with E-state index >= 15 is 0 Å². The summed E-state index contributed by atoms with van der Waals surface area (Å²) in [5, 5.41) is 3.09. The van der Waals surface area contributed by atoms with Crippen molar-refractivity contribution in [2.24, 2.45) is 0 Å². The molecule has 0 atom stereocenters. The highest BCUT2D eigenvalue weighted by atomic mass is 32.1. The van der Waals surface area contributed by atoms with Crippen molar-refractivity contribution in [1.29, 1.82) is 0 Å². The Bertz CT molecular complexity index is 1470. The number of nitrogens with one attached hydrogen (secondary N) is 1. The highest BCUT2D eigenvalue weighted by molar-refractivity contribution is 7.22. The molecule has 2 heterocycles. The Morgan fingerprint density at radius 1 is 1.00 bits per heavy atom. The molecule has 0 saturated heterocycles. The van der Waals surface area contributed by atoms with E-state index in [9.17, 15) is 9.59 Å². The molecule has 9 heteroatoms. The fourth-order valence-electron chi connectivity index (χ4n) is 3.41. The predicted octanol–water partition coefficient (Wildman–Crippen LogP) is 5.30. The molecule has 5 rings (SSSR count). The number of esters is 1. The lowest BCUT2D eigenvalue weighted by molar-refractivity contribution is -0.119. The smallest absolute Gasteiger partial charge is 0.339 e. The second-order valence-corrected chi connectivity index (χ2v) is 8.27. The monoisotopic (exact) mass is 473 g/mol. The van der Waals surface area contributed by atoms with Crippen LogP contribution in [0.5, 0.6) is 5.75 Å². The summed E-state index contributed by atoms with van der Waals surface area (Å²) in [6, 6.07) is 19.7. The lowest BCUT2D eigenvalue weighted by atomic mass is 10.1. The van der Waals surface area contributed by atoms with Gasteiger partial charge in [-0.15, -0.1) is 0 Å². The third-order valence-corrected chi connectivity index (χ3v) is 5.86. The molecule has 0 aliphatic heterocycles. The van der Waals surface area contributed by atoms with E-state index in [0.717, 1.165) is 16.0 Å². The molecule has 8 nitrogen and oxygen atoms in total. The summed E-state index contributed by atoms with van der Waals surface area (Å²) < 4.78 is 17.4. The van der Waals surface area contributed by atoms with Crippen LogP contribution in [0.3, 0.4) is 0 Å². The number of amides is 1. The molecule has 1 amide bonds. The van der Waals surface area contributed by atoms with Gasteiger partial charge in [0.1, 0.15) is 11.3 Å². The van der Waals surface area contributed by atoms with Crippen molar-refractivity contribution in [3.63, 3.8) is 0 Å². The van der Waals surface area contributed by atoms with Crippen LogP contribution < -0.4 is 10.1 Å². The number of rotatable bonds is 7. The van der Waals surface area contributed by atoms with Crippen molar-refractivity contribution in [3.05, 3.63) is 72.3 Å². The zero-order chi connectivity index (χ0) is 23.5. The Labute approximate surface area is 198 Å². The lowest BCUT2D eigenvalue weighted by Gasteiger charge is -2.07. The number of para-hydroxylation sites is 2. The zero-order valence-corrected chi connectivity index (χ0v) is 18.9. The average molecular weight is 474 g/mol. The van der Waals surface area contributed by atoms with Gasteiger partial charge >= 0.3 is 5.97 Å². The summed E-state index contributed by atoms with van der Waals surface area (Å²) in [6.07, 6.45) is 0. The summed E-state index contributed by atoms with van der Waals surface area (Å²) in [6.45, 7) is 2.02.